The Labute approximate surface area is 130 Å². The van der Waals surface area contributed by atoms with E-state index in [4.69, 9.17) is 0 Å². The van der Waals surface area contributed by atoms with Gasteiger partial charge in [0.1, 0.15) is 0 Å². The van der Waals surface area contributed by atoms with Gasteiger partial charge in [-0.05, 0) is 26.0 Å². The molecule has 0 aromatic carbocycles. The predicted molar refractivity (Wildman–Crippen MR) is 83.6 cm³/mol. The number of imide groups is 1. The standard InChI is InChI=1S/C15H22N2O3S/c1-3-4-9-16-13(18)8-6-5-7-10-17-14(19)11-12(21-2)15(17)20/h12H,5-11H2,1-2H3,(H,16,18). The molecule has 1 aliphatic heterocycles. The molecule has 0 aliphatic carbocycles. The summed E-state index contributed by atoms with van der Waals surface area (Å²) in [5, 5.41) is 2.50. The third-order valence-corrected chi connectivity index (χ3v) is 4.26. The fourth-order valence-electron chi connectivity index (χ4n) is 2.12. The molecule has 1 atom stereocenters. The average molecular weight is 310 g/mol. The lowest BCUT2D eigenvalue weighted by atomic mass is 10.2. The summed E-state index contributed by atoms with van der Waals surface area (Å²) in [6.07, 6.45) is 4.96. The van der Waals surface area contributed by atoms with E-state index in [9.17, 15) is 14.4 Å². The van der Waals surface area contributed by atoms with Crippen molar-refractivity contribution in [1.82, 2.24) is 10.2 Å². The normalized spacial score (nSPS) is 17.6. The van der Waals surface area contributed by atoms with Crippen LogP contribution in [0.1, 0.15) is 39.0 Å². The first kappa shape index (κ1) is 17.6. The van der Waals surface area contributed by atoms with E-state index in [1.165, 1.54) is 16.7 Å². The molecule has 0 saturated carbocycles. The van der Waals surface area contributed by atoms with Crippen LogP contribution in [0.2, 0.25) is 0 Å². The Hall–Kier alpha value is -1.48. The van der Waals surface area contributed by atoms with Gasteiger partial charge in [0, 0.05) is 19.4 Å². The first-order valence-corrected chi connectivity index (χ1v) is 8.42. The van der Waals surface area contributed by atoms with E-state index >= 15 is 0 Å². The molecule has 1 saturated heterocycles. The van der Waals surface area contributed by atoms with E-state index < -0.39 is 0 Å². The summed E-state index contributed by atoms with van der Waals surface area (Å²) in [5.74, 6) is 5.34. The number of unbranched alkanes of at least 4 members (excludes halogenated alkanes) is 2. The highest BCUT2D eigenvalue weighted by Gasteiger charge is 2.37. The molecule has 21 heavy (non-hydrogen) atoms. The number of rotatable bonds is 8. The minimum atomic E-state index is -0.206. The summed E-state index contributed by atoms with van der Waals surface area (Å²) in [5.41, 5.74) is 0. The van der Waals surface area contributed by atoms with Crippen LogP contribution in [0.25, 0.3) is 0 Å². The molecule has 0 aromatic heterocycles. The Morgan fingerprint density at radius 2 is 2.14 bits per heavy atom. The highest BCUT2D eigenvalue weighted by molar-refractivity contribution is 8.00. The lowest BCUT2D eigenvalue weighted by molar-refractivity contribution is -0.138. The molecule has 0 aromatic rings. The molecule has 1 unspecified atom stereocenters. The van der Waals surface area contributed by atoms with Gasteiger partial charge in [-0.3, -0.25) is 19.3 Å². The summed E-state index contributed by atoms with van der Waals surface area (Å²) >= 11 is 1.43. The second-order valence-electron chi connectivity index (χ2n) is 4.83. The largest absolute Gasteiger partial charge is 0.345 e. The molecule has 0 bridgehead atoms. The molecule has 116 valence electrons. The number of thioether (sulfide) groups is 1. The quantitative estimate of drug-likeness (QED) is 0.415. The van der Waals surface area contributed by atoms with Crippen molar-refractivity contribution in [3.05, 3.63) is 0 Å². The van der Waals surface area contributed by atoms with Gasteiger partial charge in [-0.1, -0.05) is 12.3 Å². The highest BCUT2D eigenvalue weighted by Crippen LogP contribution is 2.23. The van der Waals surface area contributed by atoms with Crippen molar-refractivity contribution in [2.45, 2.75) is 44.3 Å². The van der Waals surface area contributed by atoms with Crippen LogP contribution in [0, 0.1) is 11.8 Å². The Bertz CT molecular complexity index is 454. The Kier molecular flexibility index (Phi) is 7.91. The van der Waals surface area contributed by atoms with E-state index in [1.54, 1.807) is 6.92 Å². The predicted octanol–water partition coefficient (Wildman–Crippen LogP) is 1.18. The minimum absolute atomic E-state index is 0.00600. The summed E-state index contributed by atoms with van der Waals surface area (Å²) in [6, 6.07) is 0. The Balaban J connectivity index is 2.14. The average Bonchev–Trinajstić information content (AvgIpc) is 2.74. The molecule has 1 fully saturated rings. The number of likely N-dealkylation sites (tertiary alicyclic amines) is 1. The van der Waals surface area contributed by atoms with Crippen LogP contribution >= 0.6 is 11.8 Å². The zero-order valence-corrected chi connectivity index (χ0v) is 13.4. The van der Waals surface area contributed by atoms with Gasteiger partial charge in [-0.25, -0.2) is 0 Å². The molecule has 1 N–H and O–H groups in total. The fourth-order valence-corrected chi connectivity index (χ4v) is 2.76. The molecule has 0 radical (unpaired) electrons. The maximum absolute atomic E-state index is 11.9. The third-order valence-electron chi connectivity index (χ3n) is 3.32. The monoisotopic (exact) mass is 310 g/mol. The van der Waals surface area contributed by atoms with Crippen LogP contribution in [0.4, 0.5) is 0 Å². The SMILES string of the molecule is CC#CCNC(=O)CCCCCN1C(=O)CC(SC)C1=O. The maximum atomic E-state index is 11.9. The second-order valence-corrected chi connectivity index (χ2v) is 5.87. The van der Waals surface area contributed by atoms with Gasteiger partial charge in [0.15, 0.2) is 0 Å². The van der Waals surface area contributed by atoms with Gasteiger partial charge >= 0.3 is 0 Å². The number of nitrogens with zero attached hydrogens (tertiary/aromatic N) is 1. The molecule has 5 nitrogen and oxygen atoms in total. The third kappa shape index (κ3) is 5.80. The van der Waals surface area contributed by atoms with Crippen molar-refractivity contribution in [2.24, 2.45) is 0 Å². The molecular weight excluding hydrogens is 288 g/mol. The highest BCUT2D eigenvalue weighted by atomic mass is 32.2. The molecule has 0 spiro atoms. The van der Waals surface area contributed by atoms with Crippen molar-refractivity contribution in [3.63, 3.8) is 0 Å². The van der Waals surface area contributed by atoms with E-state index in [0.29, 0.717) is 25.9 Å². The fraction of sp³-hybridized carbons (Fsp3) is 0.667. The van der Waals surface area contributed by atoms with Crippen molar-refractivity contribution in [2.75, 3.05) is 19.3 Å². The van der Waals surface area contributed by atoms with Gasteiger partial charge in [0.2, 0.25) is 17.7 Å². The Morgan fingerprint density at radius 1 is 1.38 bits per heavy atom. The minimum Gasteiger partial charge on any atom is -0.345 e. The van der Waals surface area contributed by atoms with Crippen LogP contribution in [0.15, 0.2) is 0 Å². The zero-order chi connectivity index (χ0) is 15.7. The number of hydrogen-bond donors (Lipinski definition) is 1. The molecule has 1 rings (SSSR count). The van der Waals surface area contributed by atoms with Crippen LogP contribution in [0.5, 0.6) is 0 Å². The smallest absolute Gasteiger partial charge is 0.242 e. The van der Waals surface area contributed by atoms with Gasteiger partial charge < -0.3 is 5.32 Å². The Morgan fingerprint density at radius 3 is 2.76 bits per heavy atom. The topological polar surface area (TPSA) is 66.5 Å². The second kappa shape index (κ2) is 9.46. The molecular formula is C15H22N2O3S. The summed E-state index contributed by atoms with van der Waals surface area (Å²) in [4.78, 5) is 36.3. The maximum Gasteiger partial charge on any atom is 0.242 e. The lowest BCUT2D eigenvalue weighted by Gasteiger charge is -2.14. The number of carbonyl (C=O) groups is 3. The molecule has 3 amide bonds. The van der Waals surface area contributed by atoms with E-state index in [1.807, 2.05) is 6.26 Å². The van der Waals surface area contributed by atoms with Crippen molar-refractivity contribution < 1.29 is 14.4 Å². The first-order chi connectivity index (χ1) is 10.1. The first-order valence-electron chi connectivity index (χ1n) is 7.13. The molecule has 1 heterocycles. The van der Waals surface area contributed by atoms with Crippen LogP contribution in [0.3, 0.4) is 0 Å². The zero-order valence-electron chi connectivity index (χ0n) is 12.6. The van der Waals surface area contributed by atoms with Gasteiger partial charge in [-0.2, -0.15) is 11.8 Å². The van der Waals surface area contributed by atoms with Crippen molar-refractivity contribution in [3.8, 4) is 11.8 Å². The number of amides is 3. The van der Waals surface area contributed by atoms with Crippen LogP contribution in [-0.2, 0) is 14.4 Å². The summed E-state index contributed by atoms with van der Waals surface area (Å²) < 4.78 is 0. The van der Waals surface area contributed by atoms with Crippen molar-refractivity contribution in [1.29, 1.82) is 0 Å². The number of hydrogen-bond acceptors (Lipinski definition) is 4. The van der Waals surface area contributed by atoms with E-state index in [0.717, 1.165) is 19.3 Å². The van der Waals surface area contributed by atoms with Gasteiger partial charge in [0.25, 0.3) is 0 Å². The summed E-state index contributed by atoms with van der Waals surface area (Å²) in [7, 11) is 0. The summed E-state index contributed by atoms with van der Waals surface area (Å²) in [6.45, 7) is 2.59. The number of nitrogens with one attached hydrogen (secondary N) is 1. The van der Waals surface area contributed by atoms with Gasteiger partial charge in [-0.15, -0.1) is 5.92 Å². The molecule has 6 heteroatoms. The van der Waals surface area contributed by atoms with Crippen LogP contribution in [-0.4, -0.2) is 47.2 Å². The van der Waals surface area contributed by atoms with Gasteiger partial charge in [0.05, 0.1) is 11.8 Å². The van der Waals surface area contributed by atoms with E-state index in [-0.39, 0.29) is 23.0 Å². The number of carbonyl (C=O) groups excluding carboxylic acids is 3. The van der Waals surface area contributed by atoms with E-state index in [2.05, 4.69) is 17.2 Å². The van der Waals surface area contributed by atoms with Crippen LogP contribution < -0.4 is 5.32 Å². The molecule has 1 aliphatic rings. The lowest BCUT2D eigenvalue weighted by Crippen LogP contribution is -2.32. The van der Waals surface area contributed by atoms with Crippen molar-refractivity contribution >= 4 is 29.5 Å².